The van der Waals surface area contributed by atoms with Crippen LogP contribution in [-0.2, 0) is 0 Å². The second kappa shape index (κ2) is 3.85. The summed E-state index contributed by atoms with van der Waals surface area (Å²) in [5.74, 6) is 0.0394. The van der Waals surface area contributed by atoms with Gasteiger partial charge in [0.2, 0.25) is 0 Å². The molecule has 1 radical (unpaired) electrons. The minimum Gasteiger partial charge on any atom is -0.250 e. The minimum atomic E-state index is -0.286. The summed E-state index contributed by atoms with van der Waals surface area (Å²) in [6.07, 6.45) is 3.35. The van der Waals surface area contributed by atoms with Gasteiger partial charge >= 0.3 is 0 Å². The van der Waals surface area contributed by atoms with E-state index in [0.717, 1.165) is 0 Å². The average Bonchev–Trinajstić information content (AvgIpc) is 1.68. The van der Waals surface area contributed by atoms with Crippen molar-refractivity contribution in [1.82, 2.24) is 0 Å². The molecule has 41 valence electrons. The molecule has 0 saturated carbocycles. The largest absolute Gasteiger partial charge is 0.250 e. The lowest BCUT2D eigenvalue weighted by molar-refractivity contribution is 0.430. The van der Waals surface area contributed by atoms with Gasteiger partial charge in [-0.15, -0.1) is 0 Å². The second-order valence-electron chi connectivity index (χ2n) is 1.56. The van der Waals surface area contributed by atoms with Crippen molar-refractivity contribution in [3.8, 4) is 0 Å². The highest BCUT2D eigenvalue weighted by Crippen LogP contribution is 1.95. The van der Waals surface area contributed by atoms with Crippen molar-refractivity contribution in [3.63, 3.8) is 0 Å². The van der Waals surface area contributed by atoms with Crippen molar-refractivity contribution in [3.05, 3.63) is 19.1 Å². The number of halogens is 1. The molecule has 0 aromatic heterocycles. The molecule has 0 aromatic rings. The van der Waals surface area contributed by atoms with Gasteiger partial charge in [-0.3, -0.25) is 4.39 Å². The van der Waals surface area contributed by atoms with E-state index in [4.69, 9.17) is 0 Å². The Hall–Kier alpha value is -0.330. The smallest absolute Gasteiger partial charge is 0.0954 e. The van der Waals surface area contributed by atoms with E-state index in [2.05, 4.69) is 6.92 Å². The van der Waals surface area contributed by atoms with Crippen LogP contribution in [0.25, 0.3) is 0 Å². The Bertz CT molecular complexity index is 57.2. The zero-order valence-electron chi connectivity index (χ0n) is 4.52. The van der Waals surface area contributed by atoms with Crippen LogP contribution in [0.1, 0.15) is 6.92 Å². The third-order valence-electron chi connectivity index (χ3n) is 0.708. The van der Waals surface area contributed by atoms with Crippen molar-refractivity contribution >= 4 is 0 Å². The maximum atomic E-state index is 11.5. The van der Waals surface area contributed by atoms with E-state index < -0.39 is 0 Å². The fourth-order valence-electron chi connectivity index (χ4n) is 0.284. The van der Waals surface area contributed by atoms with Gasteiger partial charge in [-0.1, -0.05) is 19.1 Å². The zero-order valence-corrected chi connectivity index (χ0v) is 4.52. The Morgan fingerprint density at radius 1 is 1.86 bits per heavy atom. The molecule has 0 nitrogen and oxygen atoms in total. The highest BCUT2D eigenvalue weighted by Gasteiger charge is 1.89. The van der Waals surface area contributed by atoms with Gasteiger partial charge in [0.1, 0.15) is 0 Å². The van der Waals surface area contributed by atoms with Crippen LogP contribution < -0.4 is 0 Å². The summed E-state index contributed by atoms with van der Waals surface area (Å²) in [6.45, 7) is 4.95. The van der Waals surface area contributed by atoms with Crippen LogP contribution in [0.15, 0.2) is 12.2 Å². The first-order valence-electron chi connectivity index (χ1n) is 2.33. The Kier molecular flexibility index (Phi) is 3.67. The third kappa shape index (κ3) is 3.50. The molecule has 0 N–H and O–H groups in total. The topological polar surface area (TPSA) is 0 Å². The molecule has 1 unspecified atom stereocenters. The quantitative estimate of drug-likeness (QED) is 0.499. The van der Waals surface area contributed by atoms with Crippen molar-refractivity contribution in [2.75, 3.05) is 6.67 Å². The van der Waals surface area contributed by atoms with E-state index in [9.17, 15) is 4.39 Å². The minimum absolute atomic E-state index is 0.0394. The molecule has 7 heavy (non-hydrogen) atoms. The van der Waals surface area contributed by atoms with E-state index in [1.807, 2.05) is 6.92 Å². The van der Waals surface area contributed by atoms with Crippen molar-refractivity contribution in [2.24, 2.45) is 5.92 Å². The monoisotopic (exact) mass is 101 g/mol. The van der Waals surface area contributed by atoms with E-state index in [1.165, 1.54) is 0 Å². The summed E-state index contributed by atoms with van der Waals surface area (Å²) in [7, 11) is 0. The van der Waals surface area contributed by atoms with Crippen molar-refractivity contribution in [1.29, 1.82) is 0 Å². The molecule has 0 saturated heterocycles. The van der Waals surface area contributed by atoms with E-state index in [1.54, 1.807) is 12.2 Å². The van der Waals surface area contributed by atoms with Gasteiger partial charge in [0.25, 0.3) is 0 Å². The third-order valence-corrected chi connectivity index (χ3v) is 0.708. The first kappa shape index (κ1) is 6.67. The van der Waals surface area contributed by atoms with Crippen molar-refractivity contribution < 1.29 is 4.39 Å². The molecule has 0 fully saturated rings. The summed E-state index contributed by atoms with van der Waals surface area (Å²) in [5.41, 5.74) is 0. The molecular weight excluding hydrogens is 91.1 g/mol. The van der Waals surface area contributed by atoms with Crippen LogP contribution >= 0.6 is 0 Å². The first-order chi connectivity index (χ1) is 3.31. The zero-order chi connectivity index (χ0) is 5.70. The summed E-state index contributed by atoms with van der Waals surface area (Å²) in [5, 5.41) is 0. The molecule has 0 aromatic carbocycles. The van der Waals surface area contributed by atoms with Crippen molar-refractivity contribution in [2.45, 2.75) is 6.92 Å². The fourth-order valence-corrected chi connectivity index (χ4v) is 0.284. The fraction of sp³-hybridized carbons (Fsp3) is 0.500. The van der Waals surface area contributed by atoms with Gasteiger partial charge in [-0.05, 0) is 6.92 Å². The number of rotatable bonds is 2. The normalized spacial score (nSPS) is 15.3. The molecule has 0 aliphatic carbocycles. The number of allylic oxidation sites excluding steroid dienone is 2. The molecule has 0 heterocycles. The van der Waals surface area contributed by atoms with Crippen LogP contribution in [0, 0.1) is 12.8 Å². The van der Waals surface area contributed by atoms with Gasteiger partial charge in [0, 0.05) is 5.92 Å². The summed E-state index contributed by atoms with van der Waals surface area (Å²) in [6, 6.07) is 0. The van der Waals surface area contributed by atoms with E-state index in [0.29, 0.717) is 0 Å². The number of hydrogen-bond acceptors (Lipinski definition) is 0. The Labute approximate surface area is 44.0 Å². The molecule has 0 aliphatic heterocycles. The number of hydrogen-bond donors (Lipinski definition) is 0. The first-order valence-corrected chi connectivity index (χ1v) is 2.33. The molecule has 1 heteroatoms. The maximum absolute atomic E-state index is 11.5. The van der Waals surface area contributed by atoms with E-state index in [-0.39, 0.29) is 12.6 Å². The summed E-state index contributed by atoms with van der Waals surface area (Å²) in [4.78, 5) is 0. The van der Waals surface area contributed by atoms with Crippen LogP contribution in [0.5, 0.6) is 0 Å². The van der Waals surface area contributed by atoms with Gasteiger partial charge < -0.3 is 0 Å². The molecule has 0 bridgehead atoms. The lowest BCUT2D eigenvalue weighted by atomic mass is 10.2. The van der Waals surface area contributed by atoms with E-state index >= 15 is 0 Å². The maximum Gasteiger partial charge on any atom is 0.0954 e. The Morgan fingerprint density at radius 2 is 2.43 bits per heavy atom. The van der Waals surface area contributed by atoms with Gasteiger partial charge in [-0.25, -0.2) is 0 Å². The predicted octanol–water partition coefficient (Wildman–Crippen LogP) is 1.98. The number of alkyl halides is 1. The molecule has 0 rings (SSSR count). The van der Waals surface area contributed by atoms with Gasteiger partial charge in [0.15, 0.2) is 0 Å². The van der Waals surface area contributed by atoms with Crippen LogP contribution in [0.4, 0.5) is 4.39 Å². The van der Waals surface area contributed by atoms with Gasteiger partial charge in [0.05, 0.1) is 6.67 Å². The highest BCUT2D eigenvalue weighted by atomic mass is 19.1. The lowest BCUT2D eigenvalue weighted by Crippen LogP contribution is -1.88. The lowest BCUT2D eigenvalue weighted by Gasteiger charge is -1.92. The molecule has 1 atom stereocenters. The second-order valence-corrected chi connectivity index (χ2v) is 1.56. The summed E-state index contributed by atoms with van der Waals surface area (Å²) < 4.78 is 11.5. The SMILES string of the molecule is [CH2]C=CC(C)CF. The molecular formula is C6H10F. The highest BCUT2D eigenvalue weighted by molar-refractivity contribution is 4.87. The summed E-state index contributed by atoms with van der Waals surface area (Å²) >= 11 is 0. The Morgan fingerprint density at radius 3 is 2.57 bits per heavy atom. The van der Waals surface area contributed by atoms with Crippen LogP contribution in [0.2, 0.25) is 0 Å². The molecule has 0 spiro atoms. The Balaban J connectivity index is 3.16. The standard InChI is InChI=1S/C6H10F/c1-3-4-6(2)5-7/h3-4,6H,1,5H2,2H3. The molecule has 0 amide bonds. The predicted molar refractivity (Wildman–Crippen MR) is 29.6 cm³/mol. The van der Waals surface area contributed by atoms with Gasteiger partial charge in [-0.2, -0.15) is 0 Å². The average molecular weight is 101 g/mol. The molecule has 0 aliphatic rings. The van der Waals surface area contributed by atoms with Crippen LogP contribution in [-0.4, -0.2) is 6.67 Å². The van der Waals surface area contributed by atoms with Crippen LogP contribution in [0.3, 0.4) is 0 Å².